The number of ether oxygens (including phenoxy) is 4. The molecule has 0 aromatic carbocycles. The van der Waals surface area contributed by atoms with Crippen LogP contribution in [0.3, 0.4) is 0 Å². The lowest BCUT2D eigenvalue weighted by Gasteiger charge is -2.36. The first-order valence-electron chi connectivity index (χ1n) is 6.05. The van der Waals surface area contributed by atoms with E-state index in [9.17, 15) is 4.79 Å². The maximum absolute atomic E-state index is 10.4. The highest BCUT2D eigenvalue weighted by molar-refractivity contribution is 5.37. The Morgan fingerprint density at radius 3 is 2.65 bits per heavy atom. The van der Waals surface area contributed by atoms with Crippen molar-refractivity contribution < 1.29 is 23.7 Å². The zero-order valence-electron chi connectivity index (χ0n) is 11.0. The Bertz CT molecular complexity index is 245. The smallest absolute Gasteiger partial charge is 0.293 e. The van der Waals surface area contributed by atoms with E-state index in [-0.39, 0.29) is 18.6 Å². The molecule has 0 bridgehead atoms. The number of carbonyl (C=O) groups is 1. The van der Waals surface area contributed by atoms with Crippen LogP contribution in [0.25, 0.3) is 0 Å². The highest BCUT2D eigenvalue weighted by Crippen LogP contribution is 2.39. The lowest BCUT2D eigenvalue weighted by molar-refractivity contribution is -0.248. The molecule has 1 aliphatic rings. The van der Waals surface area contributed by atoms with Gasteiger partial charge in [0.1, 0.15) is 12.2 Å². The molecular weight excluding hydrogens is 224 g/mol. The van der Waals surface area contributed by atoms with Crippen molar-refractivity contribution in [3.05, 3.63) is 0 Å². The normalized spacial score (nSPS) is 34.6. The second-order valence-electron chi connectivity index (χ2n) is 4.35. The molecule has 4 atom stereocenters. The number of rotatable bonds is 7. The minimum absolute atomic E-state index is 0.123. The Balaban J connectivity index is 2.89. The van der Waals surface area contributed by atoms with Crippen LogP contribution < -0.4 is 0 Å². The van der Waals surface area contributed by atoms with Gasteiger partial charge in [-0.15, -0.1) is 0 Å². The average molecular weight is 246 g/mol. The van der Waals surface area contributed by atoms with Crippen LogP contribution in [0, 0.1) is 5.92 Å². The highest BCUT2D eigenvalue weighted by Gasteiger charge is 2.53. The van der Waals surface area contributed by atoms with Crippen LogP contribution in [0.15, 0.2) is 0 Å². The molecule has 100 valence electrons. The minimum atomic E-state index is -0.677. The van der Waals surface area contributed by atoms with Crippen molar-refractivity contribution >= 4 is 6.47 Å². The van der Waals surface area contributed by atoms with Crippen molar-refractivity contribution in [3.8, 4) is 0 Å². The fourth-order valence-corrected chi connectivity index (χ4v) is 2.29. The maximum atomic E-state index is 10.4. The van der Waals surface area contributed by atoms with E-state index in [2.05, 4.69) is 13.8 Å². The van der Waals surface area contributed by atoms with Crippen LogP contribution in [0.5, 0.6) is 0 Å². The van der Waals surface area contributed by atoms with Crippen molar-refractivity contribution in [1.82, 2.24) is 0 Å². The summed E-state index contributed by atoms with van der Waals surface area (Å²) in [5.74, 6) is 0.215. The molecule has 5 nitrogen and oxygen atoms in total. The molecule has 0 aromatic rings. The van der Waals surface area contributed by atoms with Gasteiger partial charge in [0.15, 0.2) is 0 Å². The molecule has 0 radical (unpaired) electrons. The van der Waals surface area contributed by atoms with Gasteiger partial charge in [-0.05, 0) is 12.3 Å². The van der Waals surface area contributed by atoms with Gasteiger partial charge in [-0.25, -0.2) is 0 Å². The number of methoxy groups -OCH3 is 1. The summed E-state index contributed by atoms with van der Waals surface area (Å²) in [6.45, 7) is 6.13. The van der Waals surface area contributed by atoms with Gasteiger partial charge in [0.05, 0.1) is 6.10 Å². The summed E-state index contributed by atoms with van der Waals surface area (Å²) >= 11 is 0. The highest BCUT2D eigenvalue weighted by atomic mass is 16.9. The fraction of sp³-hybridized carbons (Fsp3) is 0.917. The van der Waals surface area contributed by atoms with Gasteiger partial charge in [-0.3, -0.25) is 4.79 Å². The first-order chi connectivity index (χ1) is 8.14. The number of carbonyl (C=O) groups excluding carboxylic acids is 1. The minimum Gasteiger partial charge on any atom is -0.465 e. The molecule has 1 aliphatic heterocycles. The van der Waals surface area contributed by atoms with Gasteiger partial charge in [-0.1, -0.05) is 27.2 Å². The zero-order valence-corrected chi connectivity index (χ0v) is 11.0. The Labute approximate surface area is 102 Å². The van der Waals surface area contributed by atoms with Gasteiger partial charge in [0.2, 0.25) is 0 Å². The van der Waals surface area contributed by atoms with E-state index in [0.29, 0.717) is 6.47 Å². The van der Waals surface area contributed by atoms with Gasteiger partial charge in [-0.2, -0.15) is 0 Å². The van der Waals surface area contributed by atoms with E-state index in [1.807, 2.05) is 6.92 Å². The van der Waals surface area contributed by atoms with Crippen LogP contribution >= 0.6 is 0 Å². The van der Waals surface area contributed by atoms with Crippen molar-refractivity contribution in [2.75, 3.05) is 13.7 Å². The van der Waals surface area contributed by atoms with Gasteiger partial charge in [0, 0.05) is 7.11 Å². The molecule has 1 heterocycles. The first kappa shape index (κ1) is 14.4. The molecule has 0 aliphatic carbocycles. The van der Waals surface area contributed by atoms with Crippen LogP contribution in [-0.2, 0) is 23.7 Å². The Hall–Kier alpha value is -0.650. The standard InChI is InChI=1S/C12H22O5/c1-5-9(3)12(7-15-8-13)10(6-2)16-11(14-4)17-12/h8-11H,5-7H2,1-4H3. The number of hydrogen-bond acceptors (Lipinski definition) is 5. The quantitative estimate of drug-likeness (QED) is 0.640. The molecule has 0 N–H and O–H groups in total. The lowest BCUT2D eigenvalue weighted by Crippen LogP contribution is -2.49. The molecule has 0 saturated carbocycles. The van der Waals surface area contributed by atoms with E-state index in [0.717, 1.165) is 12.8 Å². The summed E-state index contributed by atoms with van der Waals surface area (Å²) in [5, 5.41) is 0. The molecular formula is C12H22O5. The topological polar surface area (TPSA) is 54.0 Å². The van der Waals surface area contributed by atoms with Crippen molar-refractivity contribution in [1.29, 1.82) is 0 Å². The van der Waals surface area contributed by atoms with Gasteiger partial charge in [0.25, 0.3) is 12.9 Å². The Morgan fingerprint density at radius 2 is 2.18 bits per heavy atom. The second-order valence-corrected chi connectivity index (χ2v) is 4.35. The van der Waals surface area contributed by atoms with Gasteiger partial charge < -0.3 is 18.9 Å². The summed E-state index contributed by atoms with van der Waals surface area (Å²) in [7, 11) is 1.53. The van der Waals surface area contributed by atoms with Crippen molar-refractivity contribution in [2.45, 2.75) is 51.8 Å². The number of hydrogen-bond donors (Lipinski definition) is 0. The van der Waals surface area contributed by atoms with E-state index >= 15 is 0 Å². The molecule has 0 amide bonds. The third-order valence-corrected chi connectivity index (χ3v) is 3.52. The third kappa shape index (κ3) is 2.78. The summed E-state index contributed by atoms with van der Waals surface area (Å²) in [6, 6.07) is 0. The molecule has 4 unspecified atom stereocenters. The molecule has 1 saturated heterocycles. The van der Waals surface area contributed by atoms with Crippen molar-refractivity contribution in [3.63, 3.8) is 0 Å². The Kier molecular flexibility index (Phi) is 5.36. The van der Waals surface area contributed by atoms with Crippen LogP contribution in [-0.4, -0.2) is 38.4 Å². The summed E-state index contributed by atoms with van der Waals surface area (Å²) in [5.41, 5.74) is -0.606. The predicted molar refractivity (Wildman–Crippen MR) is 61.2 cm³/mol. The average Bonchev–Trinajstić information content (AvgIpc) is 2.74. The van der Waals surface area contributed by atoms with Crippen LogP contribution in [0.4, 0.5) is 0 Å². The molecule has 0 aromatic heterocycles. The van der Waals surface area contributed by atoms with E-state index in [1.165, 1.54) is 7.11 Å². The van der Waals surface area contributed by atoms with Gasteiger partial charge >= 0.3 is 0 Å². The monoisotopic (exact) mass is 246 g/mol. The van der Waals surface area contributed by atoms with E-state index in [1.54, 1.807) is 0 Å². The first-order valence-corrected chi connectivity index (χ1v) is 6.05. The summed E-state index contributed by atoms with van der Waals surface area (Å²) < 4.78 is 21.5. The molecule has 1 rings (SSSR count). The van der Waals surface area contributed by atoms with Crippen LogP contribution in [0.2, 0.25) is 0 Å². The molecule has 17 heavy (non-hydrogen) atoms. The zero-order chi connectivity index (χ0) is 12.9. The van der Waals surface area contributed by atoms with E-state index in [4.69, 9.17) is 18.9 Å². The van der Waals surface area contributed by atoms with E-state index < -0.39 is 12.1 Å². The summed E-state index contributed by atoms with van der Waals surface area (Å²) in [4.78, 5) is 10.4. The third-order valence-electron chi connectivity index (χ3n) is 3.52. The Morgan fingerprint density at radius 1 is 1.47 bits per heavy atom. The van der Waals surface area contributed by atoms with Crippen molar-refractivity contribution in [2.24, 2.45) is 5.92 Å². The molecule has 5 heteroatoms. The molecule has 0 spiro atoms. The predicted octanol–water partition coefficient (Wildman–Crippen LogP) is 1.70. The molecule has 1 fully saturated rings. The largest absolute Gasteiger partial charge is 0.465 e. The lowest BCUT2D eigenvalue weighted by atomic mass is 9.81. The second kappa shape index (κ2) is 6.33. The maximum Gasteiger partial charge on any atom is 0.293 e. The SMILES string of the molecule is CCC(C)C1(COC=O)OC(OC)OC1CC. The summed E-state index contributed by atoms with van der Waals surface area (Å²) in [6.07, 6.45) is 1.58. The van der Waals surface area contributed by atoms with Crippen LogP contribution in [0.1, 0.15) is 33.6 Å². The fourth-order valence-electron chi connectivity index (χ4n) is 2.29.